The zero-order valence-electron chi connectivity index (χ0n) is 40.2. The van der Waals surface area contributed by atoms with E-state index in [1.165, 1.54) is 112 Å². The molecule has 0 atom stereocenters. The van der Waals surface area contributed by atoms with Gasteiger partial charge in [0.05, 0.1) is 25.7 Å². The first-order valence-electron chi connectivity index (χ1n) is 25.6. The van der Waals surface area contributed by atoms with Gasteiger partial charge in [0.25, 0.3) is 0 Å². The molecule has 0 amide bonds. The van der Waals surface area contributed by atoms with Crippen LogP contribution in [0.15, 0.2) is 109 Å². The van der Waals surface area contributed by atoms with Crippen molar-refractivity contribution >= 4 is 74.9 Å². The van der Waals surface area contributed by atoms with Crippen molar-refractivity contribution in [1.29, 1.82) is 0 Å². The minimum atomic E-state index is -1.57. The maximum absolute atomic E-state index is 14.5. The van der Waals surface area contributed by atoms with Crippen molar-refractivity contribution in [2.45, 2.75) is 135 Å². The van der Waals surface area contributed by atoms with E-state index in [9.17, 15) is 4.79 Å². The molecule has 5 aromatic rings. The van der Waals surface area contributed by atoms with E-state index in [1.807, 2.05) is 0 Å². The van der Waals surface area contributed by atoms with Crippen LogP contribution in [-0.4, -0.2) is 32.1 Å². The Morgan fingerprint density at radius 1 is 0.485 bits per heavy atom. The van der Waals surface area contributed by atoms with E-state index in [4.69, 9.17) is 51.1 Å². The van der Waals surface area contributed by atoms with Crippen LogP contribution in [0.5, 0.6) is 0 Å². The average Bonchev–Trinajstić information content (AvgIpc) is 4.17. The highest BCUT2D eigenvalue weighted by Crippen LogP contribution is 2.54. The average molecular weight is 991 g/mol. The third-order valence-electron chi connectivity index (χ3n) is 14.3. The summed E-state index contributed by atoms with van der Waals surface area (Å²) >= 11 is 28.0. The molecule has 8 heteroatoms. The van der Waals surface area contributed by atoms with Gasteiger partial charge in [0.15, 0.2) is 5.60 Å². The summed E-state index contributed by atoms with van der Waals surface area (Å²) in [7, 11) is 0. The van der Waals surface area contributed by atoms with Crippen LogP contribution in [0.1, 0.15) is 166 Å². The van der Waals surface area contributed by atoms with Gasteiger partial charge in [0.2, 0.25) is 0 Å². The molecule has 0 unspecified atom stereocenters. The summed E-state index contributed by atoms with van der Waals surface area (Å²) in [6.07, 6.45) is 26.0. The highest BCUT2D eigenvalue weighted by atomic mass is 35.5. The number of anilines is 2. The number of hydrogen-bond donors (Lipinski definition) is 0. The van der Waals surface area contributed by atoms with Crippen LogP contribution in [0.25, 0.3) is 11.1 Å². The molecule has 2 saturated heterocycles. The van der Waals surface area contributed by atoms with Gasteiger partial charge in [0, 0.05) is 43.1 Å². The van der Waals surface area contributed by atoms with Crippen molar-refractivity contribution in [2.75, 3.05) is 36.0 Å². The monoisotopic (exact) mass is 988 g/mol. The van der Waals surface area contributed by atoms with Crippen LogP contribution in [0.4, 0.5) is 11.4 Å². The van der Waals surface area contributed by atoms with Gasteiger partial charge >= 0.3 is 5.97 Å². The number of rotatable bonds is 22. The molecule has 68 heavy (non-hydrogen) atoms. The molecule has 5 aromatic carbocycles. The third-order valence-corrected chi connectivity index (χ3v) is 16.1. The number of aryl methyl sites for hydroxylation is 2. The van der Waals surface area contributed by atoms with Crippen LogP contribution >= 0.6 is 46.4 Å². The Morgan fingerprint density at radius 2 is 0.838 bits per heavy atom. The molecule has 358 valence electrons. The molecule has 0 saturated carbocycles. The summed E-state index contributed by atoms with van der Waals surface area (Å²) in [5, 5.41) is 0.254. The van der Waals surface area contributed by atoms with E-state index in [1.54, 1.807) is 0 Å². The van der Waals surface area contributed by atoms with E-state index < -0.39 is 11.6 Å². The minimum absolute atomic E-state index is 0.0233. The Labute approximate surface area is 426 Å². The molecule has 4 nitrogen and oxygen atoms in total. The minimum Gasteiger partial charge on any atom is -0.442 e. The zero-order chi connectivity index (χ0) is 47.5. The first-order chi connectivity index (χ1) is 33.2. The lowest BCUT2D eigenvalue weighted by Crippen LogP contribution is -2.23. The normalized spacial score (nSPS) is 17.4. The van der Waals surface area contributed by atoms with Gasteiger partial charge in [-0.05, 0) is 132 Å². The zero-order valence-corrected chi connectivity index (χ0v) is 43.2. The molecule has 0 radical (unpaired) electrons. The Kier molecular flexibility index (Phi) is 17.8. The number of unbranched alkanes of at least 4 members (excludes halogenated alkanes) is 10. The van der Waals surface area contributed by atoms with Crippen molar-refractivity contribution < 1.29 is 9.53 Å². The number of nitrogens with zero attached hydrogens (tertiary/aromatic N) is 2. The molecule has 3 aliphatic rings. The Bertz CT molecular complexity index is 2380. The van der Waals surface area contributed by atoms with Crippen LogP contribution in [0.3, 0.4) is 0 Å². The fourth-order valence-corrected chi connectivity index (χ4v) is 11.4. The van der Waals surface area contributed by atoms with Crippen molar-refractivity contribution in [3.63, 3.8) is 0 Å². The number of esters is 1. The molecular weight excluding hydrogens is 922 g/mol. The predicted octanol–water partition coefficient (Wildman–Crippen LogP) is 17.9. The predicted molar refractivity (Wildman–Crippen MR) is 291 cm³/mol. The first kappa shape index (κ1) is 50.2. The Balaban J connectivity index is 1.29. The van der Waals surface area contributed by atoms with Gasteiger partial charge in [-0.25, -0.2) is 4.79 Å². The number of fused-ring (bicyclic) bond motifs is 1. The topological polar surface area (TPSA) is 32.8 Å². The number of benzene rings is 5. The van der Waals surface area contributed by atoms with Gasteiger partial charge in [-0.1, -0.05) is 197 Å². The number of hydrogen-bond acceptors (Lipinski definition) is 4. The fourth-order valence-electron chi connectivity index (χ4n) is 10.4. The van der Waals surface area contributed by atoms with E-state index in [0.29, 0.717) is 5.56 Å². The fraction of sp³-hybridized carbons (Fsp3) is 0.417. The number of cyclic esters (lactones) is 1. The van der Waals surface area contributed by atoms with Crippen LogP contribution in [0, 0.1) is 0 Å². The van der Waals surface area contributed by atoms with Crippen LogP contribution < -0.4 is 9.80 Å². The lowest BCUT2D eigenvalue weighted by Gasteiger charge is -2.28. The second kappa shape index (κ2) is 24.1. The number of carbonyl (C=O) groups excluding carboxylic acids is 1. The third kappa shape index (κ3) is 11.9. The molecule has 0 bridgehead atoms. The summed E-state index contributed by atoms with van der Waals surface area (Å²) in [6, 6.07) is 35.3. The molecule has 2 fully saturated rings. The second-order valence-corrected chi connectivity index (χ2v) is 20.7. The first-order valence-corrected chi connectivity index (χ1v) is 27.2. The summed E-state index contributed by atoms with van der Waals surface area (Å²) < 4.78 is 6.79. The van der Waals surface area contributed by atoms with Crippen molar-refractivity contribution in [3.8, 4) is 0 Å². The van der Waals surface area contributed by atoms with Crippen LogP contribution in [-0.2, 0) is 23.2 Å². The second-order valence-electron chi connectivity index (χ2n) is 19.2. The van der Waals surface area contributed by atoms with E-state index in [2.05, 4.69) is 133 Å². The highest BCUT2D eigenvalue weighted by molar-refractivity contribution is 6.53. The van der Waals surface area contributed by atoms with Crippen molar-refractivity contribution in [2.24, 2.45) is 0 Å². The quantitative estimate of drug-likeness (QED) is 0.0299. The molecule has 0 aliphatic carbocycles. The van der Waals surface area contributed by atoms with E-state index in [-0.39, 0.29) is 25.7 Å². The summed E-state index contributed by atoms with van der Waals surface area (Å²) in [4.78, 5) is 19.4. The molecule has 3 aliphatic heterocycles. The summed E-state index contributed by atoms with van der Waals surface area (Å²) in [6.45, 7) is 8.72. The SMILES string of the molecule is CCCCCCCCc1ccc(C(=CC2(C=C(c3ccc(CCCCCCCC)cc3)c3ccc(N4CCCC4)cc3)OC(=O)c3c(Cl)c(Cl)c(Cl)c(Cl)c32)c2ccc(N3CCCC3)cc2)cc1. The smallest absolute Gasteiger partial charge is 0.341 e. The van der Waals surface area contributed by atoms with Gasteiger partial charge in [-0.15, -0.1) is 0 Å². The number of halogens is 4. The maximum atomic E-state index is 14.5. The molecule has 0 N–H and O–H groups in total. The Hall–Kier alpha value is -4.19. The molecule has 0 spiro atoms. The molecule has 8 rings (SSSR count). The van der Waals surface area contributed by atoms with E-state index >= 15 is 0 Å². The molecule has 0 aromatic heterocycles. The van der Waals surface area contributed by atoms with E-state index in [0.717, 1.165) is 85.3 Å². The standard InChI is InChI=1S/C60H68Cl4N2O2/c1-3-5-7-9-11-13-19-43-21-25-45(26-22-43)51(47-29-33-49(34-30-47)65-37-15-16-38-65)41-60(54-53(59(67)68-60)55(61)57(63)58(64)56(54)62)42-52(48-31-35-50(36-32-48)66-39-17-18-40-66)46-27-23-44(24-28-46)20-14-12-10-8-6-4-2/h21-36,41-42H,3-20,37-40H2,1-2H3. The van der Waals surface area contributed by atoms with Gasteiger partial charge < -0.3 is 14.5 Å². The largest absolute Gasteiger partial charge is 0.442 e. The summed E-state index contributed by atoms with van der Waals surface area (Å²) in [5.41, 5.74) is 9.63. The number of carbonyl (C=O) groups is 1. The van der Waals surface area contributed by atoms with Gasteiger partial charge in [0.1, 0.15) is 0 Å². The van der Waals surface area contributed by atoms with Crippen molar-refractivity contribution in [1.82, 2.24) is 0 Å². The lowest BCUT2D eigenvalue weighted by molar-refractivity contribution is 0.0300. The van der Waals surface area contributed by atoms with Crippen molar-refractivity contribution in [3.05, 3.63) is 174 Å². The van der Waals surface area contributed by atoms with Gasteiger partial charge in [-0.3, -0.25) is 0 Å². The van der Waals surface area contributed by atoms with Gasteiger partial charge in [-0.2, -0.15) is 0 Å². The summed E-state index contributed by atoms with van der Waals surface area (Å²) in [5.74, 6) is -0.617. The lowest BCUT2D eigenvalue weighted by atomic mass is 9.82. The maximum Gasteiger partial charge on any atom is 0.341 e. The molecular formula is C60H68Cl4N2O2. The van der Waals surface area contributed by atoms with Crippen LogP contribution in [0.2, 0.25) is 20.1 Å². The molecule has 3 heterocycles. The Morgan fingerprint density at radius 3 is 1.24 bits per heavy atom. The highest BCUT2D eigenvalue weighted by Gasteiger charge is 2.48. The number of ether oxygens (including phenoxy) is 1.